The van der Waals surface area contributed by atoms with E-state index in [2.05, 4.69) is 21.1 Å². The molecule has 2 aromatic rings. The maximum atomic E-state index is 10.3. The molecule has 0 fully saturated rings. The van der Waals surface area contributed by atoms with Gasteiger partial charge in [-0.3, -0.25) is 0 Å². The second kappa shape index (κ2) is 5.75. The number of anilines is 1. The predicted molar refractivity (Wildman–Crippen MR) is 78.3 cm³/mol. The molecule has 0 amide bonds. The Balaban J connectivity index is 2.16. The van der Waals surface area contributed by atoms with Crippen LogP contribution in [0.2, 0.25) is 0 Å². The lowest BCUT2D eigenvalue weighted by Gasteiger charge is -2.23. The third kappa shape index (κ3) is 2.98. The van der Waals surface area contributed by atoms with E-state index in [0.29, 0.717) is 6.54 Å². The molecule has 1 heterocycles. The van der Waals surface area contributed by atoms with Gasteiger partial charge in [-0.1, -0.05) is 39.3 Å². The first-order valence-electron chi connectivity index (χ1n) is 6.07. The quantitative estimate of drug-likeness (QED) is 0.938. The van der Waals surface area contributed by atoms with Crippen LogP contribution in [0.4, 0.5) is 5.69 Å². The van der Waals surface area contributed by atoms with Gasteiger partial charge in [0.05, 0.1) is 6.10 Å². The molecule has 1 atom stereocenters. The Hall–Kier alpha value is -1.33. The van der Waals surface area contributed by atoms with Gasteiger partial charge in [-0.05, 0) is 25.5 Å². The summed E-state index contributed by atoms with van der Waals surface area (Å²) in [5.41, 5.74) is 2.64. The van der Waals surface area contributed by atoms with Crippen molar-refractivity contribution < 1.29 is 9.63 Å². The van der Waals surface area contributed by atoms with E-state index in [1.807, 2.05) is 50.1 Å². The number of aromatic nitrogens is 1. The van der Waals surface area contributed by atoms with Crippen LogP contribution in [0, 0.1) is 13.8 Å². The van der Waals surface area contributed by atoms with E-state index in [1.165, 1.54) is 0 Å². The van der Waals surface area contributed by atoms with E-state index in [-0.39, 0.29) is 0 Å². The molecule has 0 aliphatic heterocycles. The van der Waals surface area contributed by atoms with Crippen LogP contribution in [0.1, 0.15) is 23.1 Å². The number of hydrogen-bond donors (Lipinski definition) is 1. The van der Waals surface area contributed by atoms with Gasteiger partial charge in [0.1, 0.15) is 11.4 Å². The zero-order valence-corrected chi connectivity index (χ0v) is 12.8. The second-order valence-corrected chi connectivity index (χ2v) is 5.44. The summed E-state index contributed by atoms with van der Waals surface area (Å²) in [5, 5.41) is 14.3. The van der Waals surface area contributed by atoms with Crippen LogP contribution in [-0.4, -0.2) is 23.9 Å². The number of aliphatic hydroxyl groups is 1. The topological polar surface area (TPSA) is 49.5 Å². The van der Waals surface area contributed by atoms with Crippen LogP contribution in [-0.2, 0) is 0 Å². The zero-order valence-electron chi connectivity index (χ0n) is 11.2. The van der Waals surface area contributed by atoms with Crippen molar-refractivity contribution in [3.05, 3.63) is 45.8 Å². The molecule has 0 spiro atoms. The average molecular weight is 325 g/mol. The molecular weight excluding hydrogens is 308 g/mol. The molecular formula is C14H17BrN2O2. The summed E-state index contributed by atoms with van der Waals surface area (Å²) in [6.45, 7) is 4.25. The Morgan fingerprint density at radius 3 is 2.63 bits per heavy atom. The average Bonchev–Trinajstić information content (AvgIpc) is 2.69. The van der Waals surface area contributed by atoms with E-state index in [0.717, 1.165) is 27.2 Å². The van der Waals surface area contributed by atoms with E-state index in [9.17, 15) is 5.11 Å². The fraction of sp³-hybridized carbons (Fsp3) is 0.357. The number of benzene rings is 1. The molecule has 1 unspecified atom stereocenters. The standard InChI is InChI=1S/C14H17BrN2O2/c1-9-14(10(2)19-16-9)17(3)8-13(18)11-6-4-5-7-12(11)15/h4-7,13,18H,8H2,1-3H3. The van der Waals surface area contributed by atoms with Crippen LogP contribution < -0.4 is 4.90 Å². The number of likely N-dealkylation sites (N-methyl/N-ethyl adjacent to an activating group) is 1. The minimum atomic E-state index is -0.575. The molecule has 0 aliphatic carbocycles. The summed E-state index contributed by atoms with van der Waals surface area (Å²) >= 11 is 3.46. The van der Waals surface area contributed by atoms with Gasteiger partial charge >= 0.3 is 0 Å². The van der Waals surface area contributed by atoms with Gasteiger partial charge in [0.15, 0.2) is 5.76 Å². The Bertz CT molecular complexity index is 549. The van der Waals surface area contributed by atoms with E-state index < -0.39 is 6.10 Å². The number of rotatable bonds is 4. The lowest BCUT2D eigenvalue weighted by Crippen LogP contribution is -2.25. The summed E-state index contributed by atoms with van der Waals surface area (Å²) in [5.74, 6) is 0.763. The van der Waals surface area contributed by atoms with Gasteiger partial charge in [-0.25, -0.2) is 0 Å². The van der Waals surface area contributed by atoms with Crippen molar-refractivity contribution in [2.24, 2.45) is 0 Å². The monoisotopic (exact) mass is 324 g/mol. The Morgan fingerprint density at radius 1 is 1.37 bits per heavy atom. The van der Waals surface area contributed by atoms with Crippen molar-refractivity contribution in [2.75, 3.05) is 18.5 Å². The van der Waals surface area contributed by atoms with E-state index >= 15 is 0 Å². The SMILES string of the molecule is Cc1noc(C)c1N(C)CC(O)c1ccccc1Br. The number of halogens is 1. The first-order chi connectivity index (χ1) is 9.00. The van der Waals surface area contributed by atoms with E-state index in [4.69, 9.17) is 4.52 Å². The highest BCUT2D eigenvalue weighted by molar-refractivity contribution is 9.10. The minimum Gasteiger partial charge on any atom is -0.387 e. The molecule has 0 radical (unpaired) electrons. The molecule has 0 bridgehead atoms. The maximum Gasteiger partial charge on any atom is 0.157 e. The van der Waals surface area contributed by atoms with Gasteiger partial charge in [-0.2, -0.15) is 0 Å². The molecule has 19 heavy (non-hydrogen) atoms. The summed E-state index contributed by atoms with van der Waals surface area (Å²) < 4.78 is 6.06. The summed E-state index contributed by atoms with van der Waals surface area (Å²) in [4.78, 5) is 1.96. The maximum absolute atomic E-state index is 10.3. The van der Waals surface area contributed by atoms with Gasteiger partial charge in [0, 0.05) is 18.1 Å². The number of aryl methyl sites for hydroxylation is 2. The minimum absolute atomic E-state index is 0.478. The highest BCUT2D eigenvalue weighted by atomic mass is 79.9. The number of aliphatic hydroxyl groups excluding tert-OH is 1. The van der Waals surface area contributed by atoms with Crippen molar-refractivity contribution in [3.63, 3.8) is 0 Å². The smallest absolute Gasteiger partial charge is 0.157 e. The normalized spacial score (nSPS) is 12.5. The molecule has 4 nitrogen and oxygen atoms in total. The summed E-state index contributed by atoms with van der Waals surface area (Å²) in [7, 11) is 1.92. The first-order valence-corrected chi connectivity index (χ1v) is 6.86. The Labute approximate surface area is 121 Å². The van der Waals surface area contributed by atoms with E-state index in [1.54, 1.807) is 0 Å². The lowest BCUT2D eigenvalue weighted by molar-refractivity contribution is 0.184. The highest BCUT2D eigenvalue weighted by Gasteiger charge is 2.18. The third-order valence-corrected chi connectivity index (χ3v) is 3.81. The summed E-state index contributed by atoms with van der Waals surface area (Å²) in [6.07, 6.45) is -0.575. The molecule has 1 N–H and O–H groups in total. The number of nitrogens with zero attached hydrogens (tertiary/aromatic N) is 2. The Morgan fingerprint density at radius 2 is 2.05 bits per heavy atom. The molecule has 5 heteroatoms. The molecule has 102 valence electrons. The van der Waals surface area contributed by atoms with Crippen LogP contribution in [0.15, 0.2) is 33.3 Å². The molecule has 1 aromatic heterocycles. The van der Waals surface area contributed by atoms with Crippen LogP contribution >= 0.6 is 15.9 Å². The van der Waals surface area contributed by atoms with Gasteiger partial charge < -0.3 is 14.5 Å². The molecule has 0 saturated heterocycles. The van der Waals surface area contributed by atoms with Crippen LogP contribution in [0.25, 0.3) is 0 Å². The van der Waals surface area contributed by atoms with Gasteiger partial charge in [-0.15, -0.1) is 0 Å². The fourth-order valence-corrected chi connectivity index (χ4v) is 2.77. The van der Waals surface area contributed by atoms with Crippen molar-refractivity contribution in [1.29, 1.82) is 0 Å². The second-order valence-electron chi connectivity index (χ2n) is 4.59. The molecule has 2 rings (SSSR count). The molecule has 0 saturated carbocycles. The van der Waals surface area contributed by atoms with Crippen LogP contribution in [0.5, 0.6) is 0 Å². The van der Waals surface area contributed by atoms with Crippen molar-refractivity contribution in [1.82, 2.24) is 5.16 Å². The summed E-state index contributed by atoms with van der Waals surface area (Å²) in [6, 6.07) is 7.68. The van der Waals surface area contributed by atoms with Crippen LogP contribution in [0.3, 0.4) is 0 Å². The van der Waals surface area contributed by atoms with Crippen molar-refractivity contribution in [2.45, 2.75) is 20.0 Å². The predicted octanol–water partition coefficient (Wildman–Crippen LogP) is 3.22. The molecule has 1 aromatic carbocycles. The third-order valence-electron chi connectivity index (χ3n) is 3.09. The van der Waals surface area contributed by atoms with Gasteiger partial charge in [0.25, 0.3) is 0 Å². The lowest BCUT2D eigenvalue weighted by atomic mass is 10.1. The van der Waals surface area contributed by atoms with Crippen molar-refractivity contribution in [3.8, 4) is 0 Å². The van der Waals surface area contributed by atoms with Crippen molar-refractivity contribution >= 4 is 21.6 Å². The largest absolute Gasteiger partial charge is 0.387 e. The molecule has 0 aliphatic rings. The Kier molecular flexibility index (Phi) is 4.27. The first kappa shape index (κ1) is 14.1. The highest BCUT2D eigenvalue weighted by Crippen LogP contribution is 2.27. The zero-order chi connectivity index (χ0) is 14.0. The van der Waals surface area contributed by atoms with Gasteiger partial charge in [0.2, 0.25) is 0 Å². The fourth-order valence-electron chi connectivity index (χ4n) is 2.22. The number of hydrogen-bond acceptors (Lipinski definition) is 4.